The van der Waals surface area contributed by atoms with Gasteiger partial charge in [-0.25, -0.2) is 9.78 Å². The van der Waals surface area contributed by atoms with Crippen LogP contribution in [0.3, 0.4) is 0 Å². The molecular weight excluding hydrogens is 372 g/mol. The molecule has 1 saturated heterocycles. The Hall–Kier alpha value is -2.67. The van der Waals surface area contributed by atoms with Gasteiger partial charge in [-0.1, -0.05) is 29.9 Å². The lowest BCUT2D eigenvalue weighted by molar-refractivity contribution is 0.219. The zero-order valence-corrected chi connectivity index (χ0v) is 16.6. The van der Waals surface area contributed by atoms with Crippen molar-refractivity contribution in [3.8, 4) is 5.19 Å². The van der Waals surface area contributed by atoms with Crippen LogP contribution in [-0.2, 0) is 0 Å². The second kappa shape index (κ2) is 9.01. The number of para-hydroxylation sites is 1. The van der Waals surface area contributed by atoms with Gasteiger partial charge in [-0.2, -0.15) is 0 Å². The molecule has 6 nitrogen and oxygen atoms in total. The number of carbonyl (C=O) groups excluding carboxylic acids is 1. The second-order valence-corrected chi connectivity index (χ2v) is 7.83. The van der Waals surface area contributed by atoms with E-state index in [1.165, 1.54) is 0 Å². The number of unbranched alkanes of at least 4 members (excludes halogenated alkanes) is 3. The molecule has 0 atom stereocenters. The van der Waals surface area contributed by atoms with Gasteiger partial charge in [-0.05, 0) is 43.5 Å². The van der Waals surface area contributed by atoms with E-state index < -0.39 is 0 Å². The van der Waals surface area contributed by atoms with Gasteiger partial charge in [0.2, 0.25) is 0 Å². The maximum Gasteiger partial charge on any atom is 0.324 e. The fraction of sp³-hybridized carbons (Fsp3) is 0.381. The number of carbonyl (C=O) groups is 1. The van der Waals surface area contributed by atoms with Crippen molar-refractivity contribution in [2.24, 2.45) is 0 Å². The van der Waals surface area contributed by atoms with E-state index in [4.69, 9.17) is 4.74 Å². The number of hydrogen-bond acceptors (Lipinski definition) is 5. The number of pyridine rings is 1. The van der Waals surface area contributed by atoms with E-state index in [9.17, 15) is 4.79 Å². The van der Waals surface area contributed by atoms with Crippen LogP contribution in [0.5, 0.6) is 5.19 Å². The summed E-state index contributed by atoms with van der Waals surface area (Å²) in [4.78, 5) is 24.8. The van der Waals surface area contributed by atoms with Gasteiger partial charge in [-0.15, -0.1) is 0 Å². The second-order valence-electron chi connectivity index (χ2n) is 6.84. The molecule has 3 aromatic rings. The number of anilines is 1. The average molecular weight is 397 g/mol. The van der Waals surface area contributed by atoms with Crippen LogP contribution in [0.25, 0.3) is 10.2 Å². The number of fused-ring (bicyclic) bond motifs is 1. The number of thiazole rings is 1. The van der Waals surface area contributed by atoms with Crippen molar-refractivity contribution in [2.45, 2.75) is 25.7 Å². The number of hydrogen-bond donors (Lipinski definition) is 0. The van der Waals surface area contributed by atoms with Gasteiger partial charge in [0.25, 0.3) is 5.19 Å². The standard InChI is InChI=1S/C21H24N4O2S/c26-21-24(14-15-25(21)17-9-11-22-12-10-17)13-5-1-2-6-16-27-20-23-18-7-3-4-8-19(18)28-20/h3-4,7-12H,1-2,5-6,13-16H2. The van der Waals surface area contributed by atoms with Crippen LogP contribution >= 0.6 is 11.3 Å². The molecule has 1 aliphatic rings. The maximum absolute atomic E-state index is 12.5. The topological polar surface area (TPSA) is 58.6 Å². The van der Waals surface area contributed by atoms with Gasteiger partial charge < -0.3 is 9.64 Å². The van der Waals surface area contributed by atoms with Crippen molar-refractivity contribution in [3.63, 3.8) is 0 Å². The van der Waals surface area contributed by atoms with Crippen molar-refractivity contribution in [1.29, 1.82) is 0 Å². The lowest BCUT2D eigenvalue weighted by Gasteiger charge is -2.18. The molecule has 0 aliphatic carbocycles. The van der Waals surface area contributed by atoms with E-state index >= 15 is 0 Å². The summed E-state index contributed by atoms with van der Waals surface area (Å²) >= 11 is 1.59. The summed E-state index contributed by atoms with van der Waals surface area (Å²) in [6.45, 7) is 3.05. The summed E-state index contributed by atoms with van der Waals surface area (Å²) < 4.78 is 6.94. The highest BCUT2D eigenvalue weighted by molar-refractivity contribution is 7.20. The minimum Gasteiger partial charge on any atom is -0.470 e. The lowest BCUT2D eigenvalue weighted by Crippen LogP contribution is -2.32. The van der Waals surface area contributed by atoms with Gasteiger partial charge in [0, 0.05) is 37.7 Å². The van der Waals surface area contributed by atoms with Crippen LogP contribution in [0.15, 0.2) is 48.8 Å². The molecule has 1 fully saturated rings. The number of rotatable bonds is 9. The third kappa shape index (κ3) is 4.42. The molecule has 0 N–H and O–H groups in total. The molecular formula is C21H24N4O2S. The molecule has 0 spiro atoms. The van der Waals surface area contributed by atoms with Gasteiger partial charge >= 0.3 is 6.03 Å². The Morgan fingerprint density at radius 1 is 1.00 bits per heavy atom. The van der Waals surface area contributed by atoms with Crippen LogP contribution in [0.4, 0.5) is 10.5 Å². The first-order valence-electron chi connectivity index (χ1n) is 9.76. The zero-order chi connectivity index (χ0) is 19.2. The summed E-state index contributed by atoms with van der Waals surface area (Å²) in [5, 5.41) is 0.750. The minimum absolute atomic E-state index is 0.102. The van der Waals surface area contributed by atoms with E-state index in [1.807, 2.05) is 40.1 Å². The van der Waals surface area contributed by atoms with Crippen molar-refractivity contribution in [1.82, 2.24) is 14.9 Å². The van der Waals surface area contributed by atoms with Crippen LogP contribution < -0.4 is 9.64 Å². The lowest BCUT2D eigenvalue weighted by atomic mass is 10.2. The van der Waals surface area contributed by atoms with Crippen LogP contribution in [0.2, 0.25) is 0 Å². The third-order valence-electron chi connectivity index (χ3n) is 4.89. The summed E-state index contributed by atoms with van der Waals surface area (Å²) in [6, 6.07) is 12.0. The molecule has 1 aromatic carbocycles. The fourth-order valence-electron chi connectivity index (χ4n) is 3.38. The van der Waals surface area contributed by atoms with Crippen molar-refractivity contribution < 1.29 is 9.53 Å². The van der Waals surface area contributed by atoms with E-state index in [0.29, 0.717) is 6.61 Å². The first-order valence-corrected chi connectivity index (χ1v) is 10.6. The highest BCUT2D eigenvalue weighted by Crippen LogP contribution is 2.27. The average Bonchev–Trinajstić information content (AvgIpc) is 3.31. The molecule has 0 saturated carbocycles. The third-order valence-corrected chi connectivity index (χ3v) is 5.84. The normalized spacial score (nSPS) is 14.2. The molecule has 0 radical (unpaired) electrons. The van der Waals surface area contributed by atoms with Crippen LogP contribution in [-0.4, -0.2) is 47.1 Å². The quantitative estimate of drug-likeness (QED) is 0.497. The Morgan fingerprint density at radius 3 is 2.68 bits per heavy atom. The Labute approximate surface area is 168 Å². The monoisotopic (exact) mass is 396 g/mol. The fourth-order valence-corrected chi connectivity index (χ4v) is 4.22. The molecule has 0 bridgehead atoms. The Balaban J connectivity index is 1.11. The molecule has 3 heterocycles. The van der Waals surface area contributed by atoms with Gasteiger partial charge in [0.05, 0.1) is 16.8 Å². The molecule has 2 amide bonds. The Kier molecular flexibility index (Phi) is 6.01. The molecule has 1 aliphatic heterocycles. The van der Waals surface area contributed by atoms with Crippen molar-refractivity contribution >= 4 is 33.3 Å². The molecule has 146 valence electrons. The number of urea groups is 1. The summed E-state index contributed by atoms with van der Waals surface area (Å²) in [5.41, 5.74) is 1.92. The van der Waals surface area contributed by atoms with E-state index in [2.05, 4.69) is 16.0 Å². The first kappa shape index (κ1) is 18.7. The van der Waals surface area contributed by atoms with Gasteiger partial charge in [0.15, 0.2) is 0 Å². The largest absolute Gasteiger partial charge is 0.470 e. The summed E-state index contributed by atoms with van der Waals surface area (Å²) in [6.07, 6.45) is 7.68. The summed E-state index contributed by atoms with van der Waals surface area (Å²) in [5.74, 6) is 0. The number of nitrogens with zero attached hydrogens (tertiary/aromatic N) is 4. The maximum atomic E-state index is 12.5. The molecule has 7 heteroatoms. The van der Waals surface area contributed by atoms with Crippen LogP contribution in [0.1, 0.15) is 25.7 Å². The minimum atomic E-state index is 0.102. The van der Waals surface area contributed by atoms with Crippen molar-refractivity contribution in [2.75, 3.05) is 31.1 Å². The van der Waals surface area contributed by atoms with E-state index in [1.54, 1.807) is 23.7 Å². The van der Waals surface area contributed by atoms with E-state index in [0.717, 1.165) is 66.4 Å². The van der Waals surface area contributed by atoms with E-state index in [-0.39, 0.29) is 6.03 Å². The molecule has 0 unspecified atom stereocenters. The highest BCUT2D eigenvalue weighted by atomic mass is 32.1. The first-order chi connectivity index (χ1) is 13.8. The Morgan fingerprint density at radius 2 is 1.82 bits per heavy atom. The molecule has 4 rings (SSSR count). The Bertz CT molecular complexity index is 882. The number of ether oxygens (including phenoxy) is 1. The zero-order valence-electron chi connectivity index (χ0n) is 15.8. The predicted molar refractivity (Wildman–Crippen MR) is 112 cm³/mol. The number of amides is 2. The highest BCUT2D eigenvalue weighted by Gasteiger charge is 2.28. The molecule has 2 aromatic heterocycles. The molecule has 28 heavy (non-hydrogen) atoms. The predicted octanol–water partition coefficient (Wildman–Crippen LogP) is 4.57. The smallest absolute Gasteiger partial charge is 0.324 e. The number of benzene rings is 1. The number of aromatic nitrogens is 2. The summed E-state index contributed by atoms with van der Waals surface area (Å²) in [7, 11) is 0. The van der Waals surface area contributed by atoms with Crippen molar-refractivity contribution in [3.05, 3.63) is 48.8 Å². The van der Waals surface area contributed by atoms with Gasteiger partial charge in [-0.3, -0.25) is 9.88 Å². The van der Waals surface area contributed by atoms with Gasteiger partial charge in [0.1, 0.15) is 0 Å². The van der Waals surface area contributed by atoms with Crippen LogP contribution in [0, 0.1) is 0 Å². The SMILES string of the molecule is O=C1N(CCCCCCOc2nc3ccccc3s2)CCN1c1ccncc1.